The molecule has 0 amide bonds. The quantitative estimate of drug-likeness (QED) is 0.734. The van der Waals surface area contributed by atoms with E-state index in [1.807, 2.05) is 6.07 Å². The maximum Gasteiger partial charge on any atom is 0.335 e. The van der Waals surface area contributed by atoms with Gasteiger partial charge < -0.3 is 9.84 Å². The van der Waals surface area contributed by atoms with E-state index < -0.39 is 17.2 Å². The van der Waals surface area contributed by atoms with Crippen LogP contribution in [0, 0.1) is 11.3 Å². The van der Waals surface area contributed by atoms with Gasteiger partial charge in [0, 0.05) is 6.54 Å². The number of carboxylic acids is 1. The number of benzene rings is 2. The minimum Gasteiger partial charge on any atom is -0.495 e. The fourth-order valence-electron chi connectivity index (χ4n) is 2.28. The molecule has 0 aliphatic heterocycles. The summed E-state index contributed by atoms with van der Waals surface area (Å²) >= 11 is -2.31. The Bertz CT molecular complexity index is 830. The number of aromatic carboxylic acids is 1. The minimum absolute atomic E-state index is 0.176. The van der Waals surface area contributed by atoms with Crippen LogP contribution in [0.4, 0.5) is 5.69 Å². The van der Waals surface area contributed by atoms with Crippen LogP contribution in [-0.4, -0.2) is 33.5 Å². The molecule has 0 heterocycles. The third kappa shape index (κ3) is 4.56. The molecule has 0 aliphatic carbocycles. The summed E-state index contributed by atoms with van der Waals surface area (Å²) in [7, 11) is 1.44. The van der Waals surface area contributed by atoms with Gasteiger partial charge in [0.2, 0.25) is 0 Å². The van der Waals surface area contributed by atoms with Crippen molar-refractivity contribution in [3.8, 4) is 11.8 Å². The topological polar surface area (TPSA) is 111 Å². The second kappa shape index (κ2) is 8.28. The first kappa shape index (κ1) is 18.4. The lowest BCUT2D eigenvalue weighted by molar-refractivity contribution is 0.0697. The molecular formula is C17H16N2O5S. The molecule has 2 aromatic carbocycles. The molecule has 0 fully saturated rings. The van der Waals surface area contributed by atoms with Crippen LogP contribution in [0.15, 0.2) is 42.5 Å². The third-order valence-corrected chi connectivity index (χ3v) is 4.33. The van der Waals surface area contributed by atoms with Crippen molar-refractivity contribution < 1.29 is 23.4 Å². The van der Waals surface area contributed by atoms with Gasteiger partial charge in [-0.25, -0.2) is 9.00 Å². The Balaban J connectivity index is 2.23. The number of hydrogen-bond acceptors (Lipinski definition) is 4. The molecule has 0 saturated heterocycles. The number of carbonyl (C=O) groups is 1. The number of ether oxygens (including phenoxy) is 1. The molecule has 25 heavy (non-hydrogen) atoms. The van der Waals surface area contributed by atoms with Gasteiger partial charge in [-0.1, -0.05) is 12.1 Å². The number of methoxy groups -OCH3 is 1. The van der Waals surface area contributed by atoms with E-state index in [-0.39, 0.29) is 12.1 Å². The highest BCUT2D eigenvalue weighted by molar-refractivity contribution is 7.80. The molecule has 1 unspecified atom stereocenters. The van der Waals surface area contributed by atoms with Crippen LogP contribution >= 0.6 is 0 Å². The Morgan fingerprint density at radius 2 is 1.96 bits per heavy atom. The first-order chi connectivity index (χ1) is 12.0. The van der Waals surface area contributed by atoms with Crippen molar-refractivity contribution in [2.75, 3.05) is 18.0 Å². The SMILES string of the molecule is COc1ccc(C#N)cc1N(CCc1ccc(C(=O)O)cc1)S(=O)O. The molecule has 2 N–H and O–H groups in total. The van der Waals surface area contributed by atoms with Gasteiger partial charge in [-0.3, -0.25) is 8.86 Å². The molecule has 0 spiro atoms. The van der Waals surface area contributed by atoms with E-state index >= 15 is 0 Å². The van der Waals surface area contributed by atoms with Gasteiger partial charge in [0.15, 0.2) is 0 Å². The molecule has 0 saturated carbocycles. The summed E-state index contributed by atoms with van der Waals surface area (Å²) in [6, 6.07) is 12.9. The van der Waals surface area contributed by atoms with E-state index in [1.165, 1.54) is 29.6 Å². The Labute approximate surface area is 147 Å². The van der Waals surface area contributed by atoms with E-state index in [4.69, 9.17) is 15.1 Å². The van der Waals surface area contributed by atoms with Crippen LogP contribution in [0.25, 0.3) is 0 Å². The number of carboxylic acid groups (broad SMARTS) is 1. The maximum absolute atomic E-state index is 11.8. The minimum atomic E-state index is -2.31. The van der Waals surface area contributed by atoms with E-state index in [0.717, 1.165) is 5.56 Å². The highest BCUT2D eigenvalue weighted by Gasteiger charge is 2.18. The van der Waals surface area contributed by atoms with E-state index in [9.17, 15) is 13.6 Å². The lowest BCUT2D eigenvalue weighted by atomic mass is 10.1. The first-order valence-corrected chi connectivity index (χ1v) is 8.31. The summed E-state index contributed by atoms with van der Waals surface area (Å²) in [6.45, 7) is 0.181. The van der Waals surface area contributed by atoms with Crippen LogP contribution in [0.5, 0.6) is 5.75 Å². The Kier molecular flexibility index (Phi) is 6.11. The second-order valence-electron chi connectivity index (χ2n) is 5.08. The van der Waals surface area contributed by atoms with E-state index in [2.05, 4.69) is 0 Å². The van der Waals surface area contributed by atoms with Gasteiger partial charge in [0.05, 0.1) is 30.0 Å². The molecule has 0 radical (unpaired) electrons. The van der Waals surface area contributed by atoms with Gasteiger partial charge in [-0.15, -0.1) is 0 Å². The van der Waals surface area contributed by atoms with Crippen LogP contribution < -0.4 is 9.04 Å². The maximum atomic E-state index is 11.8. The average molecular weight is 360 g/mol. The van der Waals surface area contributed by atoms with Crippen molar-refractivity contribution >= 4 is 22.9 Å². The molecule has 2 aromatic rings. The largest absolute Gasteiger partial charge is 0.495 e. The third-order valence-electron chi connectivity index (χ3n) is 3.57. The fourth-order valence-corrected chi connectivity index (χ4v) is 2.84. The first-order valence-electron chi connectivity index (χ1n) is 7.25. The zero-order valence-electron chi connectivity index (χ0n) is 13.4. The Morgan fingerprint density at radius 1 is 1.28 bits per heavy atom. The lowest BCUT2D eigenvalue weighted by Gasteiger charge is -2.22. The van der Waals surface area contributed by atoms with Crippen molar-refractivity contribution in [1.29, 1.82) is 5.26 Å². The van der Waals surface area contributed by atoms with Crippen LogP contribution in [-0.2, 0) is 17.7 Å². The zero-order valence-corrected chi connectivity index (χ0v) is 14.2. The Hall–Kier alpha value is -2.89. The smallest absolute Gasteiger partial charge is 0.335 e. The van der Waals surface area contributed by atoms with Crippen molar-refractivity contribution in [3.63, 3.8) is 0 Å². The van der Waals surface area contributed by atoms with Crippen molar-refractivity contribution in [3.05, 3.63) is 59.2 Å². The lowest BCUT2D eigenvalue weighted by Crippen LogP contribution is -2.28. The van der Waals surface area contributed by atoms with Crippen molar-refractivity contribution in [2.24, 2.45) is 0 Å². The van der Waals surface area contributed by atoms with Crippen molar-refractivity contribution in [2.45, 2.75) is 6.42 Å². The van der Waals surface area contributed by atoms with Crippen LogP contribution in [0.3, 0.4) is 0 Å². The second-order valence-corrected chi connectivity index (χ2v) is 5.99. The number of anilines is 1. The highest BCUT2D eigenvalue weighted by atomic mass is 32.2. The predicted molar refractivity (Wildman–Crippen MR) is 92.9 cm³/mol. The van der Waals surface area contributed by atoms with Crippen LogP contribution in [0.2, 0.25) is 0 Å². The predicted octanol–water partition coefficient (Wildman–Crippen LogP) is 2.45. The summed E-state index contributed by atoms with van der Waals surface area (Å²) in [5.41, 5.74) is 1.67. The average Bonchev–Trinajstić information content (AvgIpc) is 2.61. The molecule has 1 atom stereocenters. The van der Waals surface area contributed by atoms with Gasteiger partial charge in [0.1, 0.15) is 5.75 Å². The number of rotatable bonds is 7. The highest BCUT2D eigenvalue weighted by Crippen LogP contribution is 2.30. The molecule has 0 aliphatic rings. The van der Waals surface area contributed by atoms with E-state index in [1.54, 1.807) is 24.3 Å². The molecule has 8 heteroatoms. The molecular weight excluding hydrogens is 344 g/mol. The molecule has 7 nitrogen and oxygen atoms in total. The zero-order chi connectivity index (χ0) is 18.4. The van der Waals surface area contributed by atoms with Crippen LogP contribution in [0.1, 0.15) is 21.5 Å². The fraction of sp³-hybridized carbons (Fsp3) is 0.176. The van der Waals surface area contributed by atoms with Gasteiger partial charge in [-0.2, -0.15) is 5.26 Å². The van der Waals surface area contributed by atoms with Gasteiger partial charge in [-0.05, 0) is 42.3 Å². The molecule has 2 rings (SSSR count). The van der Waals surface area contributed by atoms with Gasteiger partial charge in [0.25, 0.3) is 11.3 Å². The molecule has 130 valence electrons. The monoisotopic (exact) mass is 360 g/mol. The summed E-state index contributed by atoms with van der Waals surface area (Å²) in [6.07, 6.45) is 0.409. The molecule has 0 bridgehead atoms. The number of nitrogens with zero attached hydrogens (tertiary/aromatic N) is 2. The molecule has 0 aromatic heterocycles. The van der Waals surface area contributed by atoms with Gasteiger partial charge >= 0.3 is 5.97 Å². The summed E-state index contributed by atoms with van der Waals surface area (Å²) in [5, 5.41) is 17.9. The summed E-state index contributed by atoms with van der Waals surface area (Å²) < 4.78 is 27.8. The van der Waals surface area contributed by atoms with E-state index in [0.29, 0.717) is 23.4 Å². The standard InChI is InChI=1S/C17H16N2O5S/c1-24-16-7-4-13(11-18)10-15(16)19(25(22)23)9-8-12-2-5-14(6-3-12)17(20)21/h2-7,10H,8-9H2,1H3,(H,20,21)(H,22,23). The number of hydrogen-bond donors (Lipinski definition) is 2. The summed E-state index contributed by atoms with van der Waals surface area (Å²) in [5.74, 6) is -0.634. The van der Waals surface area contributed by atoms with Crippen molar-refractivity contribution in [1.82, 2.24) is 0 Å². The Morgan fingerprint density at radius 3 is 2.48 bits per heavy atom. The summed E-state index contributed by atoms with van der Waals surface area (Å²) in [4.78, 5) is 10.9. The normalized spacial score (nSPS) is 11.4. The number of nitriles is 1.